The summed E-state index contributed by atoms with van der Waals surface area (Å²) in [4.78, 5) is 11.0. The van der Waals surface area contributed by atoms with Crippen molar-refractivity contribution in [2.75, 3.05) is 5.75 Å². The summed E-state index contributed by atoms with van der Waals surface area (Å²) in [5.74, 6) is -1.61. The zero-order valence-electron chi connectivity index (χ0n) is 12.4. The van der Waals surface area contributed by atoms with Gasteiger partial charge in [-0.2, -0.15) is 0 Å². The van der Waals surface area contributed by atoms with Crippen LogP contribution in [0, 0.1) is 5.92 Å². The Hall–Kier alpha value is -0.580. The van der Waals surface area contributed by atoms with Crippen LogP contribution in [0.4, 0.5) is 0 Å². The smallest absolute Gasteiger partial charge is 0.322 e. The molecule has 1 atom stereocenters. The molecule has 0 rings (SSSR count). The largest absolute Gasteiger partial charge is 0.480 e. The Labute approximate surface area is 117 Å². The molecule has 1 N–H and O–H groups in total. The van der Waals surface area contributed by atoms with Crippen molar-refractivity contribution in [2.24, 2.45) is 5.92 Å². The highest BCUT2D eigenvalue weighted by Gasteiger charge is 2.34. The van der Waals surface area contributed by atoms with Crippen LogP contribution in [0.5, 0.6) is 0 Å². The third kappa shape index (κ3) is 7.55. The fourth-order valence-electron chi connectivity index (χ4n) is 2.24. The van der Waals surface area contributed by atoms with Gasteiger partial charge in [0.1, 0.15) is 0 Å². The van der Waals surface area contributed by atoms with Gasteiger partial charge in [0.2, 0.25) is 0 Å². The lowest BCUT2D eigenvalue weighted by Gasteiger charge is -2.16. The van der Waals surface area contributed by atoms with Crippen LogP contribution in [0.2, 0.25) is 0 Å². The Bertz CT molecular complexity index is 346. The number of carboxylic acid groups (broad SMARTS) is 1. The number of carboxylic acids is 1. The fraction of sp³-hybridized carbons (Fsp3) is 0.929. The van der Waals surface area contributed by atoms with Gasteiger partial charge in [-0.25, -0.2) is 8.42 Å². The standard InChI is InChI=1S/C14H28O4S/c1-4-5-6-7-8-9-10-11-19(17,18)13(12(2)3)14(15)16/h12-13H,4-11H2,1-3H3,(H,15,16). The van der Waals surface area contributed by atoms with Gasteiger partial charge in [0.15, 0.2) is 15.1 Å². The Kier molecular flexibility index (Phi) is 9.06. The van der Waals surface area contributed by atoms with Crippen LogP contribution >= 0.6 is 0 Å². The highest BCUT2D eigenvalue weighted by Crippen LogP contribution is 2.16. The van der Waals surface area contributed by atoms with Gasteiger partial charge >= 0.3 is 5.97 Å². The molecule has 0 amide bonds. The Morgan fingerprint density at radius 1 is 1.00 bits per heavy atom. The first-order valence-corrected chi connectivity index (χ1v) is 8.98. The molecule has 5 heteroatoms. The number of sulfone groups is 1. The lowest BCUT2D eigenvalue weighted by Crippen LogP contribution is -2.36. The van der Waals surface area contributed by atoms with Gasteiger partial charge < -0.3 is 5.11 Å². The SMILES string of the molecule is CCCCCCCCCS(=O)(=O)C(C(=O)O)C(C)C. The molecule has 0 heterocycles. The number of carbonyl (C=O) groups is 1. The topological polar surface area (TPSA) is 71.4 Å². The van der Waals surface area contributed by atoms with Gasteiger partial charge in [0, 0.05) is 0 Å². The molecule has 0 aliphatic carbocycles. The summed E-state index contributed by atoms with van der Waals surface area (Å²) in [6.45, 7) is 5.44. The molecular formula is C14H28O4S. The average molecular weight is 292 g/mol. The first kappa shape index (κ1) is 18.4. The number of hydrogen-bond donors (Lipinski definition) is 1. The predicted octanol–water partition coefficient (Wildman–Crippen LogP) is 3.26. The zero-order chi connectivity index (χ0) is 14.9. The summed E-state index contributed by atoms with van der Waals surface area (Å²) in [6, 6.07) is 0. The maximum Gasteiger partial charge on any atom is 0.322 e. The van der Waals surface area contributed by atoms with Crippen LogP contribution in [-0.2, 0) is 14.6 Å². The van der Waals surface area contributed by atoms with E-state index in [2.05, 4.69) is 6.92 Å². The van der Waals surface area contributed by atoms with E-state index in [0.717, 1.165) is 19.3 Å². The van der Waals surface area contributed by atoms with E-state index in [0.29, 0.717) is 6.42 Å². The van der Waals surface area contributed by atoms with Crippen molar-refractivity contribution >= 4 is 15.8 Å². The summed E-state index contributed by atoms with van der Waals surface area (Å²) in [6.07, 6.45) is 7.25. The molecular weight excluding hydrogens is 264 g/mol. The van der Waals surface area contributed by atoms with E-state index >= 15 is 0 Å². The average Bonchev–Trinajstić information content (AvgIpc) is 2.26. The Morgan fingerprint density at radius 3 is 1.89 bits per heavy atom. The van der Waals surface area contributed by atoms with Gasteiger partial charge in [0.05, 0.1) is 5.75 Å². The molecule has 114 valence electrons. The first-order chi connectivity index (χ1) is 8.83. The van der Waals surface area contributed by atoms with Crippen molar-refractivity contribution in [1.29, 1.82) is 0 Å². The van der Waals surface area contributed by atoms with Gasteiger partial charge in [-0.05, 0) is 12.3 Å². The summed E-state index contributed by atoms with van der Waals surface area (Å²) < 4.78 is 23.9. The van der Waals surface area contributed by atoms with Crippen molar-refractivity contribution in [3.05, 3.63) is 0 Å². The lowest BCUT2D eigenvalue weighted by molar-refractivity contribution is -0.137. The second-order valence-corrected chi connectivity index (χ2v) is 7.73. The summed E-state index contributed by atoms with van der Waals surface area (Å²) in [5, 5.41) is 7.74. The number of unbranched alkanes of at least 4 members (excludes halogenated alkanes) is 6. The molecule has 0 bridgehead atoms. The molecule has 0 saturated heterocycles. The summed E-state index contributed by atoms with van der Waals surface area (Å²) in [7, 11) is -3.52. The van der Waals surface area contributed by atoms with Crippen LogP contribution in [0.15, 0.2) is 0 Å². The van der Waals surface area contributed by atoms with Crippen molar-refractivity contribution in [1.82, 2.24) is 0 Å². The summed E-state index contributed by atoms with van der Waals surface area (Å²) >= 11 is 0. The molecule has 0 spiro atoms. The quantitative estimate of drug-likeness (QED) is 0.593. The molecule has 0 fully saturated rings. The highest BCUT2D eigenvalue weighted by atomic mass is 32.2. The van der Waals surface area contributed by atoms with Gasteiger partial charge in [-0.3, -0.25) is 4.79 Å². The fourth-order valence-corrected chi connectivity index (χ4v) is 4.24. The lowest BCUT2D eigenvalue weighted by atomic mass is 10.1. The monoisotopic (exact) mass is 292 g/mol. The Balaban J connectivity index is 4.06. The number of aliphatic carboxylic acids is 1. The van der Waals surface area contributed by atoms with Crippen molar-refractivity contribution in [3.8, 4) is 0 Å². The van der Waals surface area contributed by atoms with Crippen LogP contribution < -0.4 is 0 Å². The molecule has 1 unspecified atom stereocenters. The van der Waals surface area contributed by atoms with Gasteiger partial charge in [-0.15, -0.1) is 0 Å². The molecule has 0 saturated carbocycles. The summed E-state index contributed by atoms with van der Waals surface area (Å²) in [5.41, 5.74) is 0. The van der Waals surface area contributed by atoms with Crippen molar-refractivity contribution < 1.29 is 18.3 Å². The van der Waals surface area contributed by atoms with E-state index in [1.54, 1.807) is 13.8 Å². The molecule has 0 aromatic rings. The van der Waals surface area contributed by atoms with Crippen molar-refractivity contribution in [3.63, 3.8) is 0 Å². The zero-order valence-corrected chi connectivity index (χ0v) is 13.2. The third-order valence-electron chi connectivity index (χ3n) is 3.27. The molecule has 0 aliphatic heterocycles. The van der Waals surface area contributed by atoms with Crippen molar-refractivity contribution in [2.45, 2.75) is 71.0 Å². The third-order valence-corrected chi connectivity index (χ3v) is 5.65. The molecule has 0 radical (unpaired) electrons. The van der Waals surface area contributed by atoms with E-state index < -0.39 is 21.1 Å². The van der Waals surface area contributed by atoms with E-state index in [4.69, 9.17) is 5.11 Å². The molecule has 4 nitrogen and oxygen atoms in total. The minimum absolute atomic E-state index is 0.00404. The minimum atomic E-state index is -3.52. The van der Waals surface area contributed by atoms with Gasteiger partial charge in [0.25, 0.3) is 0 Å². The molecule has 0 aliphatic rings. The number of hydrogen-bond acceptors (Lipinski definition) is 3. The van der Waals surface area contributed by atoms with Gasteiger partial charge in [-0.1, -0.05) is 59.3 Å². The van der Waals surface area contributed by atoms with E-state index in [1.165, 1.54) is 19.3 Å². The molecule has 0 aromatic carbocycles. The molecule has 0 aromatic heterocycles. The van der Waals surface area contributed by atoms with Crippen LogP contribution in [0.25, 0.3) is 0 Å². The highest BCUT2D eigenvalue weighted by molar-refractivity contribution is 7.92. The number of rotatable bonds is 11. The minimum Gasteiger partial charge on any atom is -0.480 e. The Morgan fingerprint density at radius 2 is 1.47 bits per heavy atom. The first-order valence-electron chi connectivity index (χ1n) is 7.27. The van der Waals surface area contributed by atoms with Crippen LogP contribution in [-0.4, -0.2) is 30.5 Å². The van der Waals surface area contributed by atoms with E-state index in [-0.39, 0.29) is 11.7 Å². The maximum absolute atomic E-state index is 12.0. The molecule has 19 heavy (non-hydrogen) atoms. The van der Waals surface area contributed by atoms with E-state index in [9.17, 15) is 13.2 Å². The second-order valence-electron chi connectivity index (χ2n) is 5.49. The normalized spacial score (nSPS) is 13.7. The predicted molar refractivity (Wildman–Crippen MR) is 78.0 cm³/mol. The van der Waals surface area contributed by atoms with Crippen LogP contribution in [0.1, 0.15) is 65.7 Å². The maximum atomic E-state index is 12.0. The van der Waals surface area contributed by atoms with E-state index in [1.807, 2.05) is 0 Å². The van der Waals surface area contributed by atoms with Crippen LogP contribution in [0.3, 0.4) is 0 Å². The second kappa shape index (κ2) is 9.34.